The molecule has 424 valence electrons. The Morgan fingerprint density at radius 2 is 0.708 bits per heavy atom. The first-order chi connectivity index (χ1) is 35.5. The van der Waals surface area contributed by atoms with E-state index in [4.69, 9.17) is 4.74 Å². The molecule has 0 radical (unpaired) electrons. The summed E-state index contributed by atoms with van der Waals surface area (Å²) in [6.07, 6.45) is 77.5. The molecule has 0 aliphatic rings. The van der Waals surface area contributed by atoms with Gasteiger partial charge in [-0.3, -0.25) is 9.59 Å². The zero-order chi connectivity index (χ0) is 52.2. The normalized spacial score (nSPS) is 12.8. The van der Waals surface area contributed by atoms with Gasteiger partial charge in [0.05, 0.1) is 25.4 Å². The first-order valence-corrected chi connectivity index (χ1v) is 32.2. The van der Waals surface area contributed by atoms with Gasteiger partial charge in [0.15, 0.2) is 0 Å². The van der Waals surface area contributed by atoms with E-state index < -0.39 is 12.1 Å². The van der Waals surface area contributed by atoms with Crippen LogP contribution in [-0.2, 0) is 14.3 Å². The molecular weight excluding hydrogens is 887 g/mol. The lowest BCUT2D eigenvalue weighted by atomic mass is 10.0. The number of ether oxygens (including phenoxy) is 1. The van der Waals surface area contributed by atoms with Crippen LogP contribution in [0.1, 0.15) is 348 Å². The van der Waals surface area contributed by atoms with Crippen molar-refractivity contribution >= 4 is 11.9 Å². The average Bonchev–Trinajstić information content (AvgIpc) is 3.38. The number of carbonyl (C=O) groups is 2. The Bertz CT molecular complexity index is 1170. The van der Waals surface area contributed by atoms with Gasteiger partial charge < -0.3 is 20.3 Å². The topological polar surface area (TPSA) is 95.9 Å². The third-order valence-corrected chi connectivity index (χ3v) is 14.9. The molecule has 6 heteroatoms. The standard InChI is InChI=1S/C66H125NO5/c1-3-5-7-9-11-13-15-16-17-18-19-20-21-23-26-29-32-35-39-42-46-50-54-58-64(69)63(62-68)67-65(70)59-55-51-47-43-40-36-33-30-27-24-22-25-28-31-34-37-41-45-49-53-57-61-72-66(71)60-56-52-48-44-38-14-12-10-8-6-4-2/h10,12,37,41,49,53,63-64,68-69H,3-9,11,13-36,38-40,42-48,50-52,54-62H2,1-2H3,(H,67,70)/b12-10-,41-37-,53-49-. The maximum Gasteiger partial charge on any atom is 0.305 e. The lowest BCUT2D eigenvalue weighted by molar-refractivity contribution is -0.143. The second-order valence-electron chi connectivity index (χ2n) is 22.1. The third-order valence-electron chi connectivity index (χ3n) is 14.9. The molecule has 0 rings (SSSR count). The van der Waals surface area contributed by atoms with Gasteiger partial charge in [-0.15, -0.1) is 0 Å². The first-order valence-electron chi connectivity index (χ1n) is 32.2. The number of rotatable bonds is 60. The Morgan fingerprint density at radius 3 is 1.11 bits per heavy atom. The summed E-state index contributed by atoms with van der Waals surface area (Å²) in [5.74, 6) is -0.0825. The van der Waals surface area contributed by atoms with Crippen LogP contribution in [0.5, 0.6) is 0 Å². The minimum absolute atomic E-state index is 0.0365. The minimum Gasteiger partial charge on any atom is -0.465 e. The summed E-state index contributed by atoms with van der Waals surface area (Å²) >= 11 is 0. The highest BCUT2D eigenvalue weighted by Crippen LogP contribution is 2.18. The van der Waals surface area contributed by atoms with E-state index in [1.165, 1.54) is 263 Å². The predicted molar refractivity (Wildman–Crippen MR) is 315 cm³/mol. The fraction of sp³-hybridized carbons (Fsp3) is 0.879. The number of hydrogen-bond acceptors (Lipinski definition) is 5. The zero-order valence-electron chi connectivity index (χ0n) is 48.4. The van der Waals surface area contributed by atoms with Gasteiger partial charge in [0.2, 0.25) is 5.91 Å². The Morgan fingerprint density at radius 1 is 0.389 bits per heavy atom. The largest absolute Gasteiger partial charge is 0.465 e. The monoisotopic (exact) mass is 1010 g/mol. The molecule has 0 saturated carbocycles. The van der Waals surface area contributed by atoms with E-state index in [2.05, 4.69) is 55.6 Å². The number of hydrogen-bond donors (Lipinski definition) is 3. The van der Waals surface area contributed by atoms with Crippen molar-refractivity contribution in [1.82, 2.24) is 5.32 Å². The summed E-state index contributed by atoms with van der Waals surface area (Å²) in [7, 11) is 0. The summed E-state index contributed by atoms with van der Waals surface area (Å²) in [4.78, 5) is 24.5. The number of unbranched alkanes of at least 4 members (excludes halogenated alkanes) is 43. The van der Waals surface area contributed by atoms with E-state index in [9.17, 15) is 19.8 Å². The average molecular weight is 1010 g/mol. The predicted octanol–water partition coefficient (Wildman–Crippen LogP) is 20.4. The second kappa shape index (κ2) is 61.6. The third kappa shape index (κ3) is 57.4. The van der Waals surface area contributed by atoms with Crippen molar-refractivity contribution in [3.05, 3.63) is 36.5 Å². The molecule has 0 aromatic carbocycles. The van der Waals surface area contributed by atoms with Gasteiger partial charge in [0.25, 0.3) is 0 Å². The maximum absolute atomic E-state index is 12.5. The molecule has 0 bridgehead atoms. The summed E-state index contributed by atoms with van der Waals surface area (Å²) < 4.78 is 5.39. The number of allylic oxidation sites excluding steroid dienone is 5. The van der Waals surface area contributed by atoms with Crippen molar-refractivity contribution in [2.24, 2.45) is 0 Å². The van der Waals surface area contributed by atoms with Gasteiger partial charge in [-0.25, -0.2) is 0 Å². The Hall–Kier alpha value is -1.92. The Balaban J connectivity index is 3.45. The number of nitrogens with one attached hydrogen (secondary N) is 1. The van der Waals surface area contributed by atoms with Gasteiger partial charge >= 0.3 is 5.97 Å². The van der Waals surface area contributed by atoms with Crippen LogP contribution in [-0.4, -0.2) is 47.4 Å². The SMILES string of the molecule is CCCC/C=C\CCCCCCCC(=O)OCC/C=C\C/C=C\CCCCCCCCCCCCCCCCC(=O)NC(CO)C(O)CCCCCCCCCCCCCCCCCCCCCCCCC. The molecule has 0 heterocycles. The molecular formula is C66H125NO5. The van der Waals surface area contributed by atoms with E-state index in [1.54, 1.807) is 0 Å². The Kier molecular flexibility index (Phi) is 60.0. The van der Waals surface area contributed by atoms with Crippen molar-refractivity contribution in [2.75, 3.05) is 13.2 Å². The molecule has 1 amide bonds. The molecule has 0 fully saturated rings. The van der Waals surface area contributed by atoms with Crippen molar-refractivity contribution in [1.29, 1.82) is 0 Å². The van der Waals surface area contributed by atoms with Crippen molar-refractivity contribution in [3.8, 4) is 0 Å². The molecule has 0 aromatic heterocycles. The lowest BCUT2D eigenvalue weighted by Gasteiger charge is -2.22. The van der Waals surface area contributed by atoms with Crippen LogP contribution in [0.15, 0.2) is 36.5 Å². The highest BCUT2D eigenvalue weighted by Gasteiger charge is 2.20. The second-order valence-corrected chi connectivity index (χ2v) is 22.1. The van der Waals surface area contributed by atoms with Crippen LogP contribution in [0, 0.1) is 0 Å². The van der Waals surface area contributed by atoms with Crippen LogP contribution < -0.4 is 5.32 Å². The molecule has 0 aliphatic carbocycles. The number of aliphatic hydroxyl groups is 2. The molecule has 3 N–H and O–H groups in total. The molecule has 0 aromatic rings. The highest BCUT2D eigenvalue weighted by molar-refractivity contribution is 5.76. The highest BCUT2D eigenvalue weighted by atomic mass is 16.5. The van der Waals surface area contributed by atoms with Crippen LogP contribution in [0.2, 0.25) is 0 Å². The lowest BCUT2D eigenvalue weighted by Crippen LogP contribution is -2.45. The van der Waals surface area contributed by atoms with E-state index >= 15 is 0 Å². The van der Waals surface area contributed by atoms with E-state index in [1.807, 2.05) is 0 Å². The smallest absolute Gasteiger partial charge is 0.305 e. The van der Waals surface area contributed by atoms with Gasteiger partial charge in [0.1, 0.15) is 0 Å². The van der Waals surface area contributed by atoms with E-state index in [0.717, 1.165) is 51.4 Å². The summed E-state index contributed by atoms with van der Waals surface area (Å²) in [6.45, 7) is 4.83. The maximum atomic E-state index is 12.5. The molecule has 2 atom stereocenters. The fourth-order valence-electron chi connectivity index (χ4n) is 9.99. The number of carbonyl (C=O) groups excluding carboxylic acids is 2. The van der Waals surface area contributed by atoms with Crippen molar-refractivity contribution < 1.29 is 24.5 Å². The van der Waals surface area contributed by atoms with Crippen LogP contribution in [0.4, 0.5) is 0 Å². The van der Waals surface area contributed by atoms with E-state index in [0.29, 0.717) is 25.9 Å². The zero-order valence-corrected chi connectivity index (χ0v) is 48.4. The van der Waals surface area contributed by atoms with Crippen molar-refractivity contribution in [3.63, 3.8) is 0 Å². The first kappa shape index (κ1) is 70.1. The molecule has 6 nitrogen and oxygen atoms in total. The summed E-state index contributed by atoms with van der Waals surface area (Å²) in [5.41, 5.74) is 0. The molecule has 72 heavy (non-hydrogen) atoms. The fourth-order valence-corrected chi connectivity index (χ4v) is 9.99. The molecule has 0 aliphatic heterocycles. The molecule has 2 unspecified atom stereocenters. The summed E-state index contributed by atoms with van der Waals surface area (Å²) in [5, 5.41) is 23.4. The van der Waals surface area contributed by atoms with Gasteiger partial charge in [-0.2, -0.15) is 0 Å². The van der Waals surface area contributed by atoms with Crippen LogP contribution >= 0.6 is 0 Å². The van der Waals surface area contributed by atoms with Crippen LogP contribution in [0.25, 0.3) is 0 Å². The van der Waals surface area contributed by atoms with Crippen LogP contribution in [0.3, 0.4) is 0 Å². The van der Waals surface area contributed by atoms with Gasteiger partial charge in [-0.05, 0) is 64.2 Å². The quantitative estimate of drug-likeness (QED) is 0.0320. The number of amides is 1. The number of aliphatic hydroxyl groups excluding tert-OH is 2. The van der Waals surface area contributed by atoms with Gasteiger partial charge in [0, 0.05) is 12.8 Å². The number of esters is 1. The molecule has 0 spiro atoms. The Labute approximate surface area is 449 Å². The molecule has 0 saturated heterocycles. The van der Waals surface area contributed by atoms with E-state index in [-0.39, 0.29) is 18.5 Å². The van der Waals surface area contributed by atoms with Crippen molar-refractivity contribution in [2.45, 2.75) is 360 Å². The minimum atomic E-state index is -0.669. The van der Waals surface area contributed by atoms with Gasteiger partial charge in [-0.1, -0.05) is 307 Å². The summed E-state index contributed by atoms with van der Waals surface area (Å²) in [6, 6.07) is -0.547.